The van der Waals surface area contributed by atoms with Crippen molar-refractivity contribution in [1.82, 2.24) is 0 Å². The van der Waals surface area contributed by atoms with Crippen LogP contribution in [0.3, 0.4) is 0 Å². The monoisotopic (exact) mass is 206 g/mol. The first-order chi connectivity index (χ1) is 7.21. The first kappa shape index (κ1) is 10.5. The van der Waals surface area contributed by atoms with Gasteiger partial charge in [0.25, 0.3) is 0 Å². The molecule has 0 amide bonds. The maximum atomic E-state index is 13.5. The number of para-hydroxylation sites is 1. The van der Waals surface area contributed by atoms with Gasteiger partial charge in [-0.15, -0.1) is 0 Å². The molecule has 2 radical (unpaired) electrons. The zero-order valence-corrected chi connectivity index (χ0v) is 9.14. The number of fused-ring (bicyclic) bond motifs is 1. The van der Waals surface area contributed by atoms with Crippen molar-refractivity contribution >= 4 is 0 Å². The van der Waals surface area contributed by atoms with E-state index in [9.17, 15) is 4.39 Å². The van der Waals surface area contributed by atoms with Crippen LogP contribution in [0.2, 0.25) is 0 Å². The van der Waals surface area contributed by atoms with Crippen LogP contribution >= 0.6 is 0 Å². The van der Waals surface area contributed by atoms with Gasteiger partial charge < -0.3 is 4.74 Å². The van der Waals surface area contributed by atoms with E-state index in [4.69, 9.17) is 4.74 Å². The number of halogens is 1. The summed E-state index contributed by atoms with van der Waals surface area (Å²) in [6, 6.07) is 4.96. The van der Waals surface area contributed by atoms with Gasteiger partial charge in [0.1, 0.15) is 5.60 Å². The van der Waals surface area contributed by atoms with Gasteiger partial charge in [-0.25, -0.2) is 4.39 Å². The third-order valence-corrected chi connectivity index (χ3v) is 3.18. The molecule has 0 atom stereocenters. The van der Waals surface area contributed by atoms with Crippen LogP contribution in [0.4, 0.5) is 4.39 Å². The van der Waals surface area contributed by atoms with Gasteiger partial charge in [-0.05, 0) is 25.3 Å². The fraction of sp³-hybridized carbons (Fsp3) is 0.462. The Labute approximate surface area is 90.3 Å². The molecular formula is C13H15FO. The van der Waals surface area contributed by atoms with E-state index in [-0.39, 0.29) is 11.4 Å². The normalized spacial score (nSPS) is 18.1. The van der Waals surface area contributed by atoms with Gasteiger partial charge in [-0.2, -0.15) is 0 Å². The zero-order chi connectivity index (χ0) is 10.9. The average Bonchev–Trinajstić information content (AvgIpc) is 2.29. The summed E-state index contributed by atoms with van der Waals surface area (Å²) in [5.74, 6) is 0.0819. The molecule has 0 saturated carbocycles. The summed E-state index contributed by atoms with van der Waals surface area (Å²) in [7, 11) is 0. The van der Waals surface area contributed by atoms with E-state index in [1.807, 2.05) is 6.07 Å². The average molecular weight is 206 g/mol. The molecule has 2 rings (SSSR count). The summed E-state index contributed by atoms with van der Waals surface area (Å²) in [6.45, 7) is 4.13. The highest BCUT2D eigenvalue weighted by molar-refractivity contribution is 5.42. The first-order valence-electron chi connectivity index (χ1n) is 5.42. The fourth-order valence-corrected chi connectivity index (χ4v) is 1.91. The predicted molar refractivity (Wildman–Crippen MR) is 57.3 cm³/mol. The smallest absolute Gasteiger partial charge is 0.165 e. The number of hydrogen-bond acceptors (Lipinski definition) is 1. The van der Waals surface area contributed by atoms with Crippen molar-refractivity contribution < 1.29 is 9.13 Å². The highest BCUT2D eigenvalue weighted by Crippen LogP contribution is 2.39. The van der Waals surface area contributed by atoms with Gasteiger partial charge in [-0.3, -0.25) is 0 Å². The Hall–Kier alpha value is -1.05. The van der Waals surface area contributed by atoms with Gasteiger partial charge >= 0.3 is 0 Å². The van der Waals surface area contributed by atoms with Gasteiger partial charge in [0, 0.05) is 12.0 Å². The highest BCUT2D eigenvalue weighted by Gasteiger charge is 2.34. The fourth-order valence-electron chi connectivity index (χ4n) is 1.91. The highest BCUT2D eigenvalue weighted by atomic mass is 19.1. The maximum absolute atomic E-state index is 13.5. The van der Waals surface area contributed by atoms with Crippen LogP contribution in [0.15, 0.2) is 18.2 Å². The van der Waals surface area contributed by atoms with Crippen LogP contribution in [-0.4, -0.2) is 5.60 Å². The van der Waals surface area contributed by atoms with Crippen LogP contribution in [0.25, 0.3) is 0 Å². The molecule has 1 aliphatic rings. The Kier molecular flexibility index (Phi) is 2.68. The molecule has 2 heteroatoms. The van der Waals surface area contributed by atoms with E-state index in [2.05, 4.69) is 20.3 Å². The molecule has 0 fully saturated rings. The minimum Gasteiger partial charge on any atom is -0.484 e. The maximum Gasteiger partial charge on any atom is 0.165 e. The minimum absolute atomic E-state index is 0.255. The molecule has 0 spiro atoms. The summed E-state index contributed by atoms with van der Waals surface area (Å²) in [4.78, 5) is 0. The SMILES string of the molecule is CCC1(CC)C[C]c2cccc(F)c2O1. The summed E-state index contributed by atoms with van der Waals surface area (Å²) >= 11 is 0. The minimum atomic E-state index is -0.286. The van der Waals surface area contributed by atoms with Crippen molar-refractivity contribution in [3.05, 3.63) is 36.0 Å². The summed E-state index contributed by atoms with van der Waals surface area (Å²) < 4.78 is 19.3. The molecule has 0 bridgehead atoms. The summed E-state index contributed by atoms with van der Waals surface area (Å²) in [5.41, 5.74) is 0.502. The Balaban J connectivity index is 2.36. The Morgan fingerprint density at radius 1 is 1.40 bits per heavy atom. The number of rotatable bonds is 2. The molecule has 1 aromatic rings. The lowest BCUT2D eigenvalue weighted by atomic mass is 9.87. The summed E-state index contributed by atoms with van der Waals surface area (Å²) in [6.07, 6.45) is 5.74. The molecule has 0 aromatic heterocycles. The molecule has 15 heavy (non-hydrogen) atoms. The standard InChI is InChI=1S/C13H15FO/c1-3-13(4-2)9-8-10-6-5-7-11(14)12(10)15-13/h5-7H,3-4,9H2,1-2H3. The molecule has 1 heterocycles. The van der Waals surface area contributed by atoms with E-state index in [1.165, 1.54) is 6.07 Å². The molecule has 0 saturated heterocycles. The topological polar surface area (TPSA) is 9.23 Å². The van der Waals surface area contributed by atoms with Gasteiger partial charge in [0.2, 0.25) is 0 Å². The number of benzene rings is 1. The van der Waals surface area contributed by atoms with Crippen LogP contribution in [0.1, 0.15) is 38.7 Å². The Morgan fingerprint density at radius 3 is 2.80 bits per heavy atom. The van der Waals surface area contributed by atoms with E-state index in [0.717, 1.165) is 24.8 Å². The number of ether oxygens (including phenoxy) is 1. The molecule has 0 aliphatic carbocycles. The van der Waals surface area contributed by atoms with Crippen molar-refractivity contribution in [1.29, 1.82) is 0 Å². The van der Waals surface area contributed by atoms with Crippen LogP contribution in [0, 0.1) is 12.2 Å². The molecule has 1 aromatic carbocycles. The largest absolute Gasteiger partial charge is 0.484 e. The van der Waals surface area contributed by atoms with E-state index >= 15 is 0 Å². The quantitative estimate of drug-likeness (QED) is 0.718. The van der Waals surface area contributed by atoms with E-state index < -0.39 is 0 Å². The third-order valence-electron chi connectivity index (χ3n) is 3.18. The molecule has 0 N–H and O–H groups in total. The molecule has 0 unspecified atom stereocenters. The summed E-state index contributed by atoms with van der Waals surface area (Å²) in [5, 5.41) is 0. The second kappa shape index (κ2) is 3.84. The Bertz CT molecular complexity index is 356. The van der Waals surface area contributed by atoms with Gasteiger partial charge in [-0.1, -0.05) is 26.0 Å². The lowest BCUT2D eigenvalue weighted by Crippen LogP contribution is -2.38. The second-order valence-corrected chi connectivity index (χ2v) is 3.96. The third kappa shape index (κ3) is 1.73. The Morgan fingerprint density at radius 2 is 2.13 bits per heavy atom. The number of hydrogen-bond donors (Lipinski definition) is 0. The van der Waals surface area contributed by atoms with Crippen molar-refractivity contribution in [3.8, 4) is 5.75 Å². The first-order valence-corrected chi connectivity index (χ1v) is 5.42. The van der Waals surface area contributed by atoms with E-state index in [0.29, 0.717) is 5.75 Å². The van der Waals surface area contributed by atoms with Crippen molar-refractivity contribution in [2.75, 3.05) is 0 Å². The predicted octanol–water partition coefficient (Wildman–Crippen LogP) is 3.60. The van der Waals surface area contributed by atoms with Gasteiger partial charge in [0.15, 0.2) is 11.6 Å². The van der Waals surface area contributed by atoms with Crippen LogP contribution in [0.5, 0.6) is 5.75 Å². The zero-order valence-electron chi connectivity index (χ0n) is 9.14. The van der Waals surface area contributed by atoms with Crippen LogP contribution in [-0.2, 0) is 0 Å². The van der Waals surface area contributed by atoms with Crippen molar-refractivity contribution in [3.63, 3.8) is 0 Å². The molecule has 80 valence electrons. The van der Waals surface area contributed by atoms with E-state index in [1.54, 1.807) is 6.07 Å². The molecule has 1 nitrogen and oxygen atoms in total. The lowest BCUT2D eigenvalue weighted by Gasteiger charge is -2.37. The second-order valence-electron chi connectivity index (χ2n) is 3.96. The van der Waals surface area contributed by atoms with Gasteiger partial charge in [0.05, 0.1) is 0 Å². The van der Waals surface area contributed by atoms with Crippen molar-refractivity contribution in [2.45, 2.75) is 38.7 Å². The lowest BCUT2D eigenvalue weighted by molar-refractivity contribution is 0.0463. The van der Waals surface area contributed by atoms with Crippen molar-refractivity contribution in [2.24, 2.45) is 0 Å². The van der Waals surface area contributed by atoms with Crippen LogP contribution < -0.4 is 4.74 Å². The molecule has 1 aliphatic heterocycles. The molecular weight excluding hydrogens is 191 g/mol.